The number of aromatic nitrogens is 1. The minimum atomic E-state index is -0.405. The van der Waals surface area contributed by atoms with Crippen molar-refractivity contribution in [2.45, 2.75) is 32.6 Å². The van der Waals surface area contributed by atoms with Crippen molar-refractivity contribution in [1.82, 2.24) is 4.98 Å². The molecule has 2 aromatic rings. The average molecular weight is 323 g/mol. The summed E-state index contributed by atoms with van der Waals surface area (Å²) in [7, 11) is 0. The number of anilines is 2. The number of aryl methyl sites for hydroxylation is 1. The maximum Gasteiger partial charge on any atom is 0.324 e. The quantitative estimate of drug-likeness (QED) is 0.819. The molecule has 124 valence electrons. The largest absolute Gasteiger partial charge is 0.324 e. The van der Waals surface area contributed by atoms with Gasteiger partial charge in [-0.2, -0.15) is 0 Å². The van der Waals surface area contributed by atoms with E-state index in [9.17, 15) is 9.59 Å². The Morgan fingerprint density at radius 3 is 2.58 bits per heavy atom. The van der Waals surface area contributed by atoms with Crippen LogP contribution in [0.15, 0.2) is 42.6 Å². The van der Waals surface area contributed by atoms with Crippen molar-refractivity contribution in [3.8, 4) is 0 Å². The molecule has 1 aliphatic rings. The van der Waals surface area contributed by atoms with Gasteiger partial charge < -0.3 is 5.32 Å². The number of amides is 2. The summed E-state index contributed by atoms with van der Waals surface area (Å²) in [6, 6.07) is 10.4. The van der Waals surface area contributed by atoms with E-state index in [-0.39, 0.29) is 11.7 Å². The Morgan fingerprint density at radius 1 is 1.08 bits per heavy atom. The van der Waals surface area contributed by atoms with E-state index in [1.54, 1.807) is 30.5 Å². The van der Waals surface area contributed by atoms with Crippen molar-refractivity contribution in [3.63, 3.8) is 0 Å². The molecule has 1 saturated carbocycles. The fourth-order valence-corrected chi connectivity index (χ4v) is 3.09. The minimum absolute atomic E-state index is 0.0752. The maximum atomic E-state index is 12.8. The molecule has 0 saturated heterocycles. The lowest BCUT2D eigenvalue weighted by Gasteiger charge is -2.15. The zero-order chi connectivity index (χ0) is 16.9. The van der Waals surface area contributed by atoms with Crippen LogP contribution in [-0.4, -0.2) is 16.8 Å². The van der Waals surface area contributed by atoms with Crippen molar-refractivity contribution < 1.29 is 9.59 Å². The normalized spacial score (nSPS) is 14.4. The Balaban J connectivity index is 1.77. The average Bonchev–Trinajstić information content (AvgIpc) is 3.11. The zero-order valence-corrected chi connectivity index (χ0v) is 13.7. The van der Waals surface area contributed by atoms with Crippen LogP contribution in [0.3, 0.4) is 0 Å². The van der Waals surface area contributed by atoms with Crippen LogP contribution in [-0.2, 0) is 0 Å². The second-order valence-corrected chi connectivity index (χ2v) is 6.19. The molecule has 0 aliphatic heterocycles. The molecule has 0 unspecified atom stereocenters. The van der Waals surface area contributed by atoms with E-state index in [0.29, 0.717) is 17.1 Å². The number of benzene rings is 1. The number of rotatable bonds is 4. The standard InChI is InChI=1S/C19H21N3O2/c1-13-9-10-16(15(12-13)18(23)14-6-2-3-7-14)21-19(24)22-17-8-4-5-11-20-17/h4-5,8-12,14H,2-3,6-7H2,1H3,(H2,20,21,22,24). The van der Waals surface area contributed by atoms with Gasteiger partial charge in [-0.1, -0.05) is 30.5 Å². The number of pyridine rings is 1. The summed E-state index contributed by atoms with van der Waals surface area (Å²) in [4.78, 5) is 29.0. The van der Waals surface area contributed by atoms with Crippen LogP contribution in [0.25, 0.3) is 0 Å². The van der Waals surface area contributed by atoms with E-state index in [2.05, 4.69) is 15.6 Å². The van der Waals surface area contributed by atoms with Gasteiger partial charge in [0, 0.05) is 17.7 Å². The Morgan fingerprint density at radius 2 is 1.88 bits per heavy atom. The van der Waals surface area contributed by atoms with Crippen molar-refractivity contribution in [2.24, 2.45) is 5.92 Å². The number of urea groups is 1. The Bertz CT molecular complexity index is 738. The van der Waals surface area contributed by atoms with Gasteiger partial charge in [0.2, 0.25) is 0 Å². The van der Waals surface area contributed by atoms with E-state index in [1.807, 2.05) is 19.1 Å². The summed E-state index contributed by atoms with van der Waals surface area (Å²) in [5.74, 6) is 0.668. The highest BCUT2D eigenvalue weighted by Crippen LogP contribution is 2.31. The fraction of sp³-hybridized carbons (Fsp3) is 0.316. The third kappa shape index (κ3) is 3.79. The molecule has 1 heterocycles. The zero-order valence-electron chi connectivity index (χ0n) is 13.7. The molecule has 5 heteroatoms. The maximum absolute atomic E-state index is 12.8. The van der Waals surface area contributed by atoms with E-state index >= 15 is 0 Å². The molecular weight excluding hydrogens is 302 g/mol. The number of hydrogen-bond acceptors (Lipinski definition) is 3. The van der Waals surface area contributed by atoms with Crippen molar-refractivity contribution in [2.75, 3.05) is 10.6 Å². The Kier molecular flexibility index (Phi) is 4.89. The molecule has 0 bridgehead atoms. The van der Waals surface area contributed by atoms with Crippen molar-refractivity contribution in [1.29, 1.82) is 0 Å². The third-order valence-electron chi connectivity index (χ3n) is 4.32. The highest BCUT2D eigenvalue weighted by molar-refractivity contribution is 6.08. The van der Waals surface area contributed by atoms with Crippen LogP contribution < -0.4 is 10.6 Å². The number of Topliss-reactive ketones (excluding diaryl/α,β-unsaturated/α-hetero) is 1. The fourth-order valence-electron chi connectivity index (χ4n) is 3.09. The first kappa shape index (κ1) is 16.2. The van der Waals surface area contributed by atoms with Crippen LogP contribution in [0.4, 0.5) is 16.3 Å². The number of nitrogens with zero attached hydrogens (tertiary/aromatic N) is 1. The first-order chi connectivity index (χ1) is 11.6. The van der Waals surface area contributed by atoms with Crippen LogP contribution >= 0.6 is 0 Å². The SMILES string of the molecule is Cc1ccc(NC(=O)Nc2ccccn2)c(C(=O)C2CCCC2)c1. The second kappa shape index (κ2) is 7.25. The molecule has 0 atom stereocenters. The van der Waals surface area contributed by atoms with Crippen molar-refractivity contribution in [3.05, 3.63) is 53.7 Å². The summed E-state index contributed by atoms with van der Waals surface area (Å²) in [6.45, 7) is 1.95. The van der Waals surface area contributed by atoms with Gasteiger partial charge in [-0.15, -0.1) is 0 Å². The third-order valence-corrected chi connectivity index (χ3v) is 4.32. The first-order valence-electron chi connectivity index (χ1n) is 8.27. The van der Waals surface area contributed by atoms with Crippen LogP contribution in [0.5, 0.6) is 0 Å². The van der Waals surface area contributed by atoms with Gasteiger partial charge in [-0.3, -0.25) is 10.1 Å². The molecule has 0 radical (unpaired) electrons. The van der Waals surface area contributed by atoms with Gasteiger partial charge in [-0.05, 0) is 44.0 Å². The summed E-state index contributed by atoms with van der Waals surface area (Å²) in [5, 5.41) is 5.45. The molecule has 2 N–H and O–H groups in total. The predicted molar refractivity (Wildman–Crippen MR) is 94.3 cm³/mol. The monoisotopic (exact) mass is 323 g/mol. The molecular formula is C19H21N3O2. The summed E-state index contributed by atoms with van der Waals surface area (Å²) in [5.41, 5.74) is 2.15. The highest BCUT2D eigenvalue weighted by Gasteiger charge is 2.26. The van der Waals surface area contributed by atoms with Crippen molar-refractivity contribution >= 4 is 23.3 Å². The van der Waals surface area contributed by atoms with Crippen LogP contribution in [0.1, 0.15) is 41.6 Å². The van der Waals surface area contributed by atoms with E-state index in [4.69, 9.17) is 0 Å². The van der Waals surface area contributed by atoms with Gasteiger partial charge in [-0.25, -0.2) is 9.78 Å². The minimum Gasteiger partial charge on any atom is -0.307 e. The van der Waals surface area contributed by atoms with E-state index in [0.717, 1.165) is 31.2 Å². The molecule has 3 rings (SSSR count). The van der Waals surface area contributed by atoms with Crippen LogP contribution in [0.2, 0.25) is 0 Å². The Labute approximate surface area is 141 Å². The number of hydrogen-bond donors (Lipinski definition) is 2. The summed E-state index contributed by atoms with van der Waals surface area (Å²) in [6.07, 6.45) is 5.69. The van der Waals surface area contributed by atoms with Gasteiger partial charge in [0.05, 0.1) is 5.69 Å². The van der Waals surface area contributed by atoms with Gasteiger partial charge in [0.15, 0.2) is 5.78 Å². The molecule has 1 fully saturated rings. The topological polar surface area (TPSA) is 71.1 Å². The van der Waals surface area contributed by atoms with E-state index < -0.39 is 6.03 Å². The lowest BCUT2D eigenvalue weighted by atomic mass is 9.94. The van der Waals surface area contributed by atoms with Gasteiger partial charge >= 0.3 is 6.03 Å². The van der Waals surface area contributed by atoms with Gasteiger partial charge in [0.25, 0.3) is 0 Å². The molecule has 24 heavy (non-hydrogen) atoms. The molecule has 2 amide bonds. The highest BCUT2D eigenvalue weighted by atomic mass is 16.2. The molecule has 0 spiro atoms. The lowest BCUT2D eigenvalue weighted by Crippen LogP contribution is -2.22. The first-order valence-corrected chi connectivity index (χ1v) is 8.27. The predicted octanol–water partition coefficient (Wildman–Crippen LogP) is 4.41. The van der Waals surface area contributed by atoms with Crippen LogP contribution in [0, 0.1) is 12.8 Å². The Hall–Kier alpha value is -2.69. The number of carbonyl (C=O) groups excluding carboxylic acids is 2. The second-order valence-electron chi connectivity index (χ2n) is 6.19. The smallest absolute Gasteiger partial charge is 0.307 e. The lowest BCUT2D eigenvalue weighted by molar-refractivity contribution is 0.0923. The molecule has 1 aromatic carbocycles. The number of ketones is 1. The molecule has 1 aromatic heterocycles. The van der Waals surface area contributed by atoms with E-state index in [1.165, 1.54) is 0 Å². The molecule has 1 aliphatic carbocycles. The number of carbonyl (C=O) groups is 2. The number of nitrogens with one attached hydrogen (secondary N) is 2. The van der Waals surface area contributed by atoms with Gasteiger partial charge in [0.1, 0.15) is 5.82 Å². The molecule has 5 nitrogen and oxygen atoms in total. The summed E-state index contributed by atoms with van der Waals surface area (Å²) >= 11 is 0. The summed E-state index contributed by atoms with van der Waals surface area (Å²) < 4.78 is 0.